The van der Waals surface area contributed by atoms with Gasteiger partial charge in [-0.05, 0) is 0 Å². The molecule has 0 amide bonds. The number of rotatable bonds is 0. The lowest BCUT2D eigenvalue weighted by Gasteiger charge is -1.81. The minimum absolute atomic E-state index is 0.512. The van der Waals surface area contributed by atoms with Gasteiger partial charge in [-0.1, -0.05) is 0 Å². The average molecular weight is 164 g/mol. The fourth-order valence-electron chi connectivity index (χ4n) is 0.333. The Morgan fingerprint density at radius 2 is 1.88 bits per heavy atom. The maximum Gasteiger partial charge on any atom is 0.171 e. The number of hydrogen-bond acceptors (Lipinski definition) is 4. The van der Waals surface area contributed by atoms with Crippen LogP contribution in [0.5, 0.6) is 0 Å². The van der Waals surface area contributed by atoms with E-state index in [4.69, 9.17) is 4.42 Å². The Morgan fingerprint density at radius 3 is 2.00 bits per heavy atom. The first-order valence-electron chi connectivity index (χ1n) is 1.90. The zero-order valence-corrected chi connectivity index (χ0v) is 6.51. The first kappa shape index (κ1) is 6.45. The molecule has 0 aliphatic rings. The minimum atomic E-state index is 0.512. The fourth-order valence-corrected chi connectivity index (χ4v) is 0.854. The van der Waals surface area contributed by atoms with E-state index >= 15 is 0 Å². The highest BCUT2D eigenvalue weighted by Crippen LogP contribution is 2.26. The lowest BCUT2D eigenvalue weighted by molar-refractivity contribution is 0.464. The topological polar surface area (TPSA) is 13.1 Å². The van der Waals surface area contributed by atoms with E-state index in [1.54, 1.807) is 0 Å². The Labute approximate surface area is 63.7 Å². The molecule has 8 heavy (non-hydrogen) atoms. The number of thiol groups is 3. The van der Waals surface area contributed by atoms with Crippen molar-refractivity contribution in [3.8, 4) is 0 Å². The zero-order valence-electron chi connectivity index (χ0n) is 3.83. The fraction of sp³-hybridized carbons (Fsp3) is 0. The van der Waals surface area contributed by atoms with Crippen LogP contribution in [0.3, 0.4) is 0 Å². The van der Waals surface area contributed by atoms with E-state index in [1.807, 2.05) is 0 Å². The molecule has 1 aromatic heterocycles. The van der Waals surface area contributed by atoms with Crippen molar-refractivity contribution < 1.29 is 4.42 Å². The molecule has 1 aromatic rings. The summed E-state index contributed by atoms with van der Waals surface area (Å²) in [6.45, 7) is 0. The quantitative estimate of drug-likeness (QED) is 0.499. The third-order valence-electron chi connectivity index (χ3n) is 0.727. The molecular weight excluding hydrogens is 160 g/mol. The van der Waals surface area contributed by atoms with Crippen LogP contribution in [-0.2, 0) is 0 Å². The number of furan rings is 1. The van der Waals surface area contributed by atoms with Crippen LogP contribution >= 0.6 is 37.9 Å². The first-order valence-corrected chi connectivity index (χ1v) is 3.24. The SMILES string of the molecule is Sc1coc(S)c1S. The molecule has 0 unspecified atom stereocenters. The third-order valence-corrected chi connectivity index (χ3v) is 2.18. The molecule has 0 spiro atoms. The van der Waals surface area contributed by atoms with E-state index in [9.17, 15) is 0 Å². The van der Waals surface area contributed by atoms with Gasteiger partial charge in [0.15, 0.2) is 5.09 Å². The molecule has 44 valence electrons. The molecule has 0 N–H and O–H groups in total. The summed E-state index contributed by atoms with van der Waals surface area (Å²) in [6.07, 6.45) is 1.49. The standard InChI is InChI=1S/C4H4OS3/c6-2-1-5-4(8)3(2)7/h1,6-8H. The van der Waals surface area contributed by atoms with E-state index < -0.39 is 0 Å². The second-order valence-electron chi connectivity index (χ2n) is 1.27. The third kappa shape index (κ3) is 1.01. The van der Waals surface area contributed by atoms with Crippen LogP contribution in [0.2, 0.25) is 0 Å². The highest BCUT2D eigenvalue weighted by molar-refractivity contribution is 7.85. The molecule has 0 aliphatic heterocycles. The minimum Gasteiger partial charge on any atom is -0.456 e. The van der Waals surface area contributed by atoms with Crippen molar-refractivity contribution in [3.63, 3.8) is 0 Å². The monoisotopic (exact) mass is 164 g/mol. The predicted octanol–water partition coefficient (Wildman–Crippen LogP) is 2.15. The van der Waals surface area contributed by atoms with Crippen molar-refractivity contribution in [2.24, 2.45) is 0 Å². The molecule has 1 nitrogen and oxygen atoms in total. The Kier molecular flexibility index (Phi) is 1.84. The second-order valence-corrected chi connectivity index (χ2v) is 2.61. The van der Waals surface area contributed by atoms with E-state index in [0.717, 1.165) is 4.90 Å². The van der Waals surface area contributed by atoms with E-state index in [1.165, 1.54) is 6.26 Å². The molecule has 0 atom stereocenters. The smallest absolute Gasteiger partial charge is 0.171 e. The van der Waals surface area contributed by atoms with Gasteiger partial charge >= 0.3 is 0 Å². The van der Waals surface area contributed by atoms with Gasteiger partial charge < -0.3 is 4.42 Å². The molecule has 0 bridgehead atoms. The van der Waals surface area contributed by atoms with Crippen LogP contribution in [0.15, 0.2) is 25.6 Å². The van der Waals surface area contributed by atoms with Crippen molar-refractivity contribution in [3.05, 3.63) is 6.26 Å². The van der Waals surface area contributed by atoms with Crippen molar-refractivity contribution in [1.29, 1.82) is 0 Å². The highest BCUT2D eigenvalue weighted by Gasteiger charge is 2.00. The van der Waals surface area contributed by atoms with Crippen LogP contribution in [0.1, 0.15) is 0 Å². The summed E-state index contributed by atoms with van der Waals surface area (Å²) in [6, 6.07) is 0. The van der Waals surface area contributed by atoms with Gasteiger partial charge in [-0.15, -0.1) is 37.9 Å². The predicted molar refractivity (Wildman–Crippen MR) is 40.5 cm³/mol. The van der Waals surface area contributed by atoms with Crippen molar-refractivity contribution in [1.82, 2.24) is 0 Å². The maximum absolute atomic E-state index is 4.81. The first-order chi connectivity index (χ1) is 3.72. The molecule has 0 radical (unpaired) electrons. The van der Waals surface area contributed by atoms with Gasteiger partial charge in [0, 0.05) is 0 Å². The van der Waals surface area contributed by atoms with Crippen LogP contribution in [0.25, 0.3) is 0 Å². The maximum atomic E-state index is 4.81. The van der Waals surface area contributed by atoms with Crippen molar-refractivity contribution in [2.75, 3.05) is 0 Å². The second kappa shape index (κ2) is 2.29. The summed E-state index contributed by atoms with van der Waals surface area (Å²) in [4.78, 5) is 1.41. The molecule has 1 heterocycles. The zero-order chi connectivity index (χ0) is 6.15. The molecule has 0 saturated heterocycles. The summed E-state index contributed by atoms with van der Waals surface area (Å²) in [5.41, 5.74) is 0. The lowest BCUT2D eigenvalue weighted by Crippen LogP contribution is -1.56. The van der Waals surface area contributed by atoms with Crippen molar-refractivity contribution in [2.45, 2.75) is 14.9 Å². The van der Waals surface area contributed by atoms with E-state index in [-0.39, 0.29) is 0 Å². The summed E-state index contributed by atoms with van der Waals surface area (Å²) < 4.78 is 4.81. The summed E-state index contributed by atoms with van der Waals surface area (Å²) >= 11 is 11.9. The van der Waals surface area contributed by atoms with Crippen LogP contribution in [-0.4, -0.2) is 0 Å². The number of hydrogen-bond donors (Lipinski definition) is 3. The lowest BCUT2D eigenvalue weighted by atomic mass is 10.7. The van der Waals surface area contributed by atoms with Crippen LogP contribution in [0, 0.1) is 0 Å². The molecular formula is C4H4OS3. The van der Waals surface area contributed by atoms with Crippen LogP contribution in [0.4, 0.5) is 0 Å². The van der Waals surface area contributed by atoms with E-state index in [2.05, 4.69) is 37.9 Å². The van der Waals surface area contributed by atoms with Gasteiger partial charge in [0.2, 0.25) is 0 Å². The van der Waals surface area contributed by atoms with Gasteiger partial charge in [0.05, 0.1) is 9.79 Å². The Morgan fingerprint density at radius 1 is 1.25 bits per heavy atom. The molecule has 0 fully saturated rings. The Hall–Kier alpha value is 0.330. The van der Waals surface area contributed by atoms with Gasteiger partial charge in [-0.2, -0.15) is 0 Å². The molecule has 0 saturated carbocycles. The Balaban J connectivity index is 3.19. The molecule has 4 heteroatoms. The van der Waals surface area contributed by atoms with Gasteiger partial charge in [0.1, 0.15) is 6.26 Å². The average Bonchev–Trinajstić information content (AvgIpc) is 1.98. The molecule has 0 aromatic carbocycles. The van der Waals surface area contributed by atoms with Gasteiger partial charge in [0.25, 0.3) is 0 Å². The summed E-state index contributed by atoms with van der Waals surface area (Å²) in [5.74, 6) is 0. The van der Waals surface area contributed by atoms with Gasteiger partial charge in [-0.3, -0.25) is 0 Å². The normalized spacial score (nSPS) is 9.88. The van der Waals surface area contributed by atoms with Gasteiger partial charge in [-0.25, -0.2) is 0 Å². The Bertz CT molecular complexity index is 174. The molecule has 1 rings (SSSR count). The molecule has 0 aliphatic carbocycles. The largest absolute Gasteiger partial charge is 0.456 e. The summed E-state index contributed by atoms with van der Waals surface area (Å²) in [7, 11) is 0. The highest BCUT2D eigenvalue weighted by atomic mass is 32.1. The van der Waals surface area contributed by atoms with E-state index in [0.29, 0.717) is 9.99 Å². The van der Waals surface area contributed by atoms with Crippen LogP contribution < -0.4 is 0 Å². The summed E-state index contributed by atoms with van der Waals surface area (Å²) in [5, 5.41) is 0.512. The van der Waals surface area contributed by atoms with Crippen molar-refractivity contribution >= 4 is 37.9 Å².